The second-order valence-electron chi connectivity index (χ2n) is 4.09. The fourth-order valence-corrected chi connectivity index (χ4v) is 2.29. The van der Waals surface area contributed by atoms with Crippen LogP contribution in [0.3, 0.4) is 0 Å². The molecule has 0 aromatic carbocycles. The Balaban J connectivity index is 0.00000169. The van der Waals surface area contributed by atoms with Crippen LogP contribution in [-0.2, 0) is 0 Å². The maximum Gasteiger partial charge on any atom is 0.0500 e. The van der Waals surface area contributed by atoms with Crippen LogP contribution in [0.2, 0.25) is 0 Å². The molecule has 3 N–H and O–H groups in total. The van der Waals surface area contributed by atoms with Gasteiger partial charge in [-0.3, -0.25) is 0 Å². The third-order valence-electron chi connectivity index (χ3n) is 2.43. The van der Waals surface area contributed by atoms with Gasteiger partial charge < -0.3 is 10.8 Å². The van der Waals surface area contributed by atoms with Crippen LogP contribution in [0.25, 0.3) is 0 Å². The summed E-state index contributed by atoms with van der Waals surface area (Å²) in [5, 5.41) is 11.2. The molecule has 2 nitrogen and oxygen atoms in total. The first-order valence-corrected chi connectivity index (χ1v) is 5.27. The van der Waals surface area contributed by atoms with Crippen molar-refractivity contribution in [2.45, 2.75) is 26.8 Å². The van der Waals surface area contributed by atoms with Crippen LogP contribution >= 0.6 is 23.7 Å². The molecule has 0 bridgehead atoms. The zero-order chi connectivity index (χ0) is 10.1. The van der Waals surface area contributed by atoms with Crippen molar-refractivity contribution >= 4 is 23.7 Å². The number of hydrogen-bond donors (Lipinski definition) is 2. The van der Waals surface area contributed by atoms with Gasteiger partial charge in [-0.15, -0.1) is 23.7 Å². The first-order valence-electron chi connectivity index (χ1n) is 4.39. The van der Waals surface area contributed by atoms with E-state index in [0.29, 0.717) is 0 Å². The van der Waals surface area contributed by atoms with Gasteiger partial charge in [0, 0.05) is 16.3 Å². The largest absolute Gasteiger partial charge is 0.396 e. The number of rotatable bonds is 3. The summed E-state index contributed by atoms with van der Waals surface area (Å²) >= 11 is 1.66. The molecule has 0 aliphatic rings. The van der Waals surface area contributed by atoms with E-state index in [1.165, 1.54) is 10.4 Å². The highest BCUT2D eigenvalue weighted by molar-refractivity contribution is 7.10. The Morgan fingerprint density at radius 1 is 1.57 bits per heavy atom. The smallest absolute Gasteiger partial charge is 0.0500 e. The summed E-state index contributed by atoms with van der Waals surface area (Å²) in [6.07, 6.45) is 0. The van der Waals surface area contributed by atoms with Gasteiger partial charge in [-0.1, -0.05) is 13.8 Å². The zero-order valence-electron chi connectivity index (χ0n) is 8.78. The van der Waals surface area contributed by atoms with Gasteiger partial charge in [0.05, 0.1) is 6.61 Å². The highest BCUT2D eigenvalue weighted by atomic mass is 35.5. The van der Waals surface area contributed by atoms with Gasteiger partial charge >= 0.3 is 0 Å². The van der Waals surface area contributed by atoms with Crippen molar-refractivity contribution in [2.75, 3.05) is 6.61 Å². The third-order valence-corrected chi connectivity index (χ3v) is 3.54. The number of hydrogen-bond acceptors (Lipinski definition) is 3. The standard InChI is InChI=1S/C10H17NOS.ClH/c1-7-4-5-13-8(7)9(11)10(2,3)6-12;/h4-5,9,12H,6,11H2,1-3H3;1H/t9-;/m1./s1. The summed E-state index contributed by atoms with van der Waals surface area (Å²) in [7, 11) is 0. The van der Waals surface area contributed by atoms with E-state index in [1.807, 2.05) is 19.2 Å². The predicted molar refractivity (Wildman–Crippen MR) is 64.1 cm³/mol. The second-order valence-corrected chi connectivity index (χ2v) is 5.04. The molecule has 0 saturated carbocycles. The Hall–Kier alpha value is -0.0900. The first kappa shape index (κ1) is 13.9. The van der Waals surface area contributed by atoms with Crippen molar-refractivity contribution in [3.63, 3.8) is 0 Å². The van der Waals surface area contributed by atoms with Crippen LogP contribution in [0, 0.1) is 12.3 Å². The predicted octanol–water partition coefficient (Wildman–Crippen LogP) is 2.50. The van der Waals surface area contributed by atoms with Crippen LogP contribution in [-0.4, -0.2) is 11.7 Å². The summed E-state index contributed by atoms with van der Waals surface area (Å²) in [6.45, 7) is 6.14. The van der Waals surface area contributed by atoms with Crippen LogP contribution in [0.4, 0.5) is 0 Å². The van der Waals surface area contributed by atoms with Gasteiger partial charge in [0.1, 0.15) is 0 Å². The van der Waals surface area contributed by atoms with Gasteiger partial charge in [0.15, 0.2) is 0 Å². The van der Waals surface area contributed by atoms with Crippen molar-refractivity contribution in [2.24, 2.45) is 11.1 Å². The average molecular weight is 236 g/mol. The van der Waals surface area contributed by atoms with Crippen LogP contribution in [0.5, 0.6) is 0 Å². The summed E-state index contributed by atoms with van der Waals surface area (Å²) < 4.78 is 0. The molecule has 4 heteroatoms. The molecule has 0 amide bonds. The SMILES string of the molecule is Cc1ccsc1[C@@H](N)C(C)(C)CO.Cl. The van der Waals surface area contributed by atoms with Crippen molar-refractivity contribution in [1.82, 2.24) is 0 Å². The molecule has 1 rings (SSSR count). The van der Waals surface area contributed by atoms with Crippen molar-refractivity contribution in [1.29, 1.82) is 0 Å². The molecule has 1 aromatic heterocycles. The minimum Gasteiger partial charge on any atom is -0.396 e. The maximum absolute atomic E-state index is 9.18. The minimum absolute atomic E-state index is 0. The number of aliphatic hydroxyl groups excluding tert-OH is 1. The minimum atomic E-state index is -0.240. The average Bonchev–Trinajstić information content (AvgIpc) is 2.50. The van der Waals surface area contributed by atoms with Gasteiger partial charge in [-0.25, -0.2) is 0 Å². The molecule has 1 atom stereocenters. The van der Waals surface area contributed by atoms with E-state index in [-0.39, 0.29) is 30.5 Å². The fourth-order valence-electron chi connectivity index (χ4n) is 1.16. The quantitative estimate of drug-likeness (QED) is 0.846. The molecule has 1 aromatic rings. The molecular formula is C10H18ClNOS. The fraction of sp³-hybridized carbons (Fsp3) is 0.600. The van der Waals surface area contributed by atoms with Gasteiger partial charge in [-0.2, -0.15) is 0 Å². The lowest BCUT2D eigenvalue weighted by atomic mass is 9.84. The summed E-state index contributed by atoms with van der Waals surface area (Å²) in [5.41, 5.74) is 7.06. The monoisotopic (exact) mass is 235 g/mol. The van der Waals surface area contributed by atoms with E-state index in [9.17, 15) is 5.11 Å². The summed E-state index contributed by atoms with van der Waals surface area (Å²) in [5.74, 6) is 0. The lowest BCUT2D eigenvalue weighted by molar-refractivity contribution is 0.133. The molecule has 0 fully saturated rings. The Morgan fingerprint density at radius 2 is 2.14 bits per heavy atom. The summed E-state index contributed by atoms with van der Waals surface area (Å²) in [6, 6.07) is 1.99. The normalized spacial score (nSPS) is 13.5. The van der Waals surface area contributed by atoms with Crippen molar-refractivity contribution in [3.8, 4) is 0 Å². The van der Waals surface area contributed by atoms with Crippen LogP contribution in [0.1, 0.15) is 30.3 Å². The summed E-state index contributed by atoms with van der Waals surface area (Å²) in [4.78, 5) is 1.18. The molecule has 1 heterocycles. The second kappa shape index (κ2) is 5.12. The highest BCUT2D eigenvalue weighted by Gasteiger charge is 2.28. The van der Waals surface area contributed by atoms with E-state index in [2.05, 4.69) is 13.0 Å². The van der Waals surface area contributed by atoms with Crippen molar-refractivity contribution in [3.05, 3.63) is 21.9 Å². The van der Waals surface area contributed by atoms with Gasteiger partial charge in [0.25, 0.3) is 0 Å². The molecule has 14 heavy (non-hydrogen) atoms. The Bertz CT molecular complexity index is 285. The Labute approximate surface area is 95.5 Å². The zero-order valence-corrected chi connectivity index (χ0v) is 10.4. The number of halogens is 1. The molecule has 0 saturated heterocycles. The van der Waals surface area contributed by atoms with E-state index in [0.717, 1.165) is 0 Å². The van der Waals surface area contributed by atoms with Crippen LogP contribution < -0.4 is 5.73 Å². The number of thiophene rings is 1. The molecule has 0 aliphatic heterocycles. The Kier molecular flexibility index (Phi) is 5.09. The van der Waals surface area contributed by atoms with Gasteiger partial charge in [0.2, 0.25) is 0 Å². The molecule has 0 radical (unpaired) electrons. The van der Waals surface area contributed by atoms with Crippen LogP contribution in [0.15, 0.2) is 11.4 Å². The molecule has 0 spiro atoms. The lowest BCUT2D eigenvalue weighted by Gasteiger charge is -2.29. The highest BCUT2D eigenvalue weighted by Crippen LogP contribution is 2.34. The molecule has 0 aliphatic carbocycles. The Morgan fingerprint density at radius 3 is 2.50 bits per heavy atom. The topological polar surface area (TPSA) is 46.2 Å². The lowest BCUT2D eigenvalue weighted by Crippen LogP contribution is -2.32. The third kappa shape index (κ3) is 2.70. The van der Waals surface area contributed by atoms with E-state index in [1.54, 1.807) is 11.3 Å². The maximum atomic E-state index is 9.18. The van der Waals surface area contributed by atoms with E-state index >= 15 is 0 Å². The van der Waals surface area contributed by atoms with E-state index < -0.39 is 0 Å². The molecular weight excluding hydrogens is 218 g/mol. The first-order chi connectivity index (χ1) is 5.99. The number of aryl methyl sites for hydroxylation is 1. The molecule has 82 valence electrons. The number of nitrogens with two attached hydrogens (primary N) is 1. The number of aliphatic hydroxyl groups is 1. The van der Waals surface area contributed by atoms with Gasteiger partial charge in [-0.05, 0) is 23.9 Å². The molecule has 0 unspecified atom stereocenters. The van der Waals surface area contributed by atoms with Crippen molar-refractivity contribution < 1.29 is 5.11 Å². The van der Waals surface area contributed by atoms with E-state index in [4.69, 9.17) is 5.73 Å².